The van der Waals surface area contributed by atoms with Crippen LogP contribution in [0.3, 0.4) is 0 Å². The maximum Gasteiger partial charge on any atom is 0.269 e. The topological polar surface area (TPSA) is 88.5 Å². The van der Waals surface area contributed by atoms with Crippen molar-refractivity contribution in [3.8, 4) is 11.3 Å². The molecule has 0 spiro atoms. The van der Waals surface area contributed by atoms with E-state index >= 15 is 0 Å². The average Bonchev–Trinajstić information content (AvgIpc) is 3.33. The number of aryl methyl sites for hydroxylation is 1. The van der Waals surface area contributed by atoms with Gasteiger partial charge < -0.3 is 9.88 Å². The Morgan fingerprint density at radius 2 is 2.04 bits per heavy atom. The Bertz CT molecular complexity index is 903. The maximum atomic E-state index is 12.3. The highest BCUT2D eigenvalue weighted by atomic mass is 32.2. The summed E-state index contributed by atoms with van der Waals surface area (Å²) in [5.74, 6) is 1.35. The fourth-order valence-corrected chi connectivity index (χ4v) is 3.46. The average molecular weight is 399 g/mol. The Morgan fingerprint density at radius 3 is 2.75 bits per heavy atom. The number of amides is 1. The highest BCUT2D eigenvalue weighted by Gasteiger charge is 2.13. The van der Waals surface area contributed by atoms with Crippen LogP contribution in [0, 0.1) is 5.92 Å². The number of hydrogen-bond donors (Lipinski definition) is 2. The van der Waals surface area contributed by atoms with Crippen LogP contribution in [-0.4, -0.2) is 43.7 Å². The van der Waals surface area contributed by atoms with Gasteiger partial charge in [-0.2, -0.15) is 5.10 Å². The summed E-state index contributed by atoms with van der Waals surface area (Å²) in [6.07, 6.45) is 3.59. The molecule has 0 bridgehead atoms. The predicted octanol–water partition coefficient (Wildman–Crippen LogP) is 3.41. The molecule has 3 rings (SSSR count). The molecule has 2 aromatic heterocycles. The van der Waals surface area contributed by atoms with Crippen molar-refractivity contribution in [2.75, 3.05) is 12.8 Å². The van der Waals surface area contributed by atoms with Gasteiger partial charge in [0.25, 0.3) is 5.91 Å². The Hall–Kier alpha value is -2.61. The molecule has 0 fully saturated rings. The SMILES string of the molecule is CSc1nnc(CCCNC(=O)c2cc(-c3ccccc3)n[nH]2)n1CC(C)C. The summed E-state index contributed by atoms with van der Waals surface area (Å²) < 4.78 is 2.18. The molecule has 0 aliphatic rings. The van der Waals surface area contributed by atoms with Crippen LogP contribution >= 0.6 is 11.8 Å². The van der Waals surface area contributed by atoms with Crippen molar-refractivity contribution in [2.24, 2.45) is 5.92 Å². The molecule has 3 aromatic rings. The van der Waals surface area contributed by atoms with E-state index in [1.807, 2.05) is 36.6 Å². The number of hydrogen-bond acceptors (Lipinski definition) is 5. The van der Waals surface area contributed by atoms with Gasteiger partial charge in [-0.1, -0.05) is 55.9 Å². The van der Waals surface area contributed by atoms with Crippen molar-refractivity contribution < 1.29 is 4.79 Å². The fourth-order valence-electron chi connectivity index (χ4n) is 2.94. The Morgan fingerprint density at radius 1 is 1.25 bits per heavy atom. The highest BCUT2D eigenvalue weighted by Crippen LogP contribution is 2.18. The maximum absolute atomic E-state index is 12.3. The van der Waals surface area contributed by atoms with Gasteiger partial charge in [0.1, 0.15) is 11.5 Å². The lowest BCUT2D eigenvalue weighted by atomic mass is 10.1. The van der Waals surface area contributed by atoms with Gasteiger partial charge in [-0.3, -0.25) is 9.89 Å². The molecule has 1 amide bonds. The number of aromatic amines is 1. The molecule has 148 valence electrons. The molecule has 0 atom stereocenters. The van der Waals surface area contributed by atoms with E-state index in [4.69, 9.17) is 0 Å². The molecule has 7 nitrogen and oxygen atoms in total. The van der Waals surface area contributed by atoms with Crippen molar-refractivity contribution in [3.05, 3.63) is 47.9 Å². The zero-order valence-corrected chi connectivity index (χ0v) is 17.3. The Labute approximate surface area is 169 Å². The van der Waals surface area contributed by atoms with Gasteiger partial charge in [0.05, 0.1) is 5.69 Å². The molecule has 8 heteroatoms. The quantitative estimate of drug-likeness (QED) is 0.426. The van der Waals surface area contributed by atoms with E-state index in [-0.39, 0.29) is 5.91 Å². The summed E-state index contributed by atoms with van der Waals surface area (Å²) in [7, 11) is 0. The zero-order chi connectivity index (χ0) is 19.9. The largest absolute Gasteiger partial charge is 0.351 e. The van der Waals surface area contributed by atoms with Crippen LogP contribution in [0.15, 0.2) is 41.6 Å². The van der Waals surface area contributed by atoms with Crippen LogP contribution in [0.4, 0.5) is 0 Å². The minimum Gasteiger partial charge on any atom is -0.351 e. The first kappa shape index (κ1) is 20.1. The molecule has 0 aliphatic heterocycles. The third-order valence-corrected chi connectivity index (χ3v) is 4.95. The molecule has 0 aliphatic carbocycles. The van der Waals surface area contributed by atoms with E-state index < -0.39 is 0 Å². The summed E-state index contributed by atoms with van der Waals surface area (Å²) in [5.41, 5.74) is 2.20. The number of carbonyl (C=O) groups is 1. The first-order valence-corrected chi connectivity index (χ1v) is 10.7. The number of rotatable bonds is 9. The lowest BCUT2D eigenvalue weighted by molar-refractivity contribution is 0.0948. The number of nitrogens with one attached hydrogen (secondary N) is 2. The van der Waals surface area contributed by atoms with Gasteiger partial charge in [0, 0.05) is 25.1 Å². The molecule has 0 unspecified atom stereocenters. The standard InChI is InChI=1S/C20H26N6OS/c1-14(2)13-26-18(24-25-20(26)28-3)10-7-11-21-19(27)17-12-16(22-23-17)15-8-5-4-6-9-15/h4-6,8-9,12,14H,7,10-11,13H2,1-3H3,(H,21,27)(H,22,23). The van der Waals surface area contributed by atoms with Gasteiger partial charge in [0.2, 0.25) is 0 Å². The molecular formula is C20H26N6OS. The second kappa shape index (κ2) is 9.54. The van der Waals surface area contributed by atoms with E-state index in [0.717, 1.165) is 41.6 Å². The van der Waals surface area contributed by atoms with Crippen molar-refractivity contribution >= 4 is 17.7 Å². The first-order chi connectivity index (χ1) is 13.6. The van der Waals surface area contributed by atoms with Crippen LogP contribution in [0.5, 0.6) is 0 Å². The second-order valence-electron chi connectivity index (χ2n) is 7.00. The molecule has 2 N–H and O–H groups in total. The number of aromatic nitrogens is 5. The molecule has 28 heavy (non-hydrogen) atoms. The Balaban J connectivity index is 1.51. The number of benzene rings is 1. The van der Waals surface area contributed by atoms with E-state index in [1.165, 1.54) is 0 Å². The lowest BCUT2D eigenvalue weighted by Gasteiger charge is -2.11. The van der Waals surface area contributed by atoms with Crippen molar-refractivity contribution in [1.29, 1.82) is 0 Å². The van der Waals surface area contributed by atoms with Crippen LogP contribution in [0.1, 0.15) is 36.6 Å². The summed E-state index contributed by atoms with van der Waals surface area (Å²) >= 11 is 1.61. The zero-order valence-electron chi connectivity index (χ0n) is 16.5. The van der Waals surface area contributed by atoms with E-state index in [2.05, 4.69) is 44.1 Å². The third-order valence-electron chi connectivity index (χ3n) is 4.28. The van der Waals surface area contributed by atoms with E-state index in [9.17, 15) is 4.79 Å². The minimum absolute atomic E-state index is 0.150. The molecule has 0 saturated carbocycles. The fraction of sp³-hybridized carbons (Fsp3) is 0.400. The number of H-pyrrole nitrogens is 1. The first-order valence-electron chi connectivity index (χ1n) is 9.43. The molecule has 1 aromatic carbocycles. The van der Waals surface area contributed by atoms with Gasteiger partial charge in [-0.15, -0.1) is 10.2 Å². The highest BCUT2D eigenvalue weighted by molar-refractivity contribution is 7.98. The van der Waals surface area contributed by atoms with Crippen LogP contribution < -0.4 is 5.32 Å². The minimum atomic E-state index is -0.150. The summed E-state index contributed by atoms with van der Waals surface area (Å²) in [5, 5.41) is 19.5. The number of carbonyl (C=O) groups excluding carboxylic acids is 1. The molecule has 0 radical (unpaired) electrons. The van der Waals surface area contributed by atoms with Crippen molar-refractivity contribution in [3.63, 3.8) is 0 Å². The predicted molar refractivity (Wildman–Crippen MR) is 111 cm³/mol. The second-order valence-corrected chi connectivity index (χ2v) is 7.77. The Kier molecular flexibility index (Phi) is 6.86. The van der Waals surface area contributed by atoms with Crippen molar-refractivity contribution in [1.82, 2.24) is 30.3 Å². The summed E-state index contributed by atoms with van der Waals surface area (Å²) in [6, 6.07) is 11.6. The molecule has 2 heterocycles. The third kappa shape index (κ3) is 5.01. The normalized spacial score (nSPS) is 11.1. The number of nitrogens with zero attached hydrogens (tertiary/aromatic N) is 4. The number of thioether (sulfide) groups is 1. The summed E-state index contributed by atoms with van der Waals surface area (Å²) in [6.45, 7) is 5.84. The monoisotopic (exact) mass is 398 g/mol. The van der Waals surface area contributed by atoms with Gasteiger partial charge >= 0.3 is 0 Å². The lowest BCUT2D eigenvalue weighted by Crippen LogP contribution is -2.25. The van der Waals surface area contributed by atoms with Gasteiger partial charge in [-0.05, 0) is 24.7 Å². The van der Waals surface area contributed by atoms with E-state index in [0.29, 0.717) is 18.2 Å². The molecular weight excluding hydrogens is 372 g/mol. The van der Waals surface area contributed by atoms with Gasteiger partial charge in [0.15, 0.2) is 5.16 Å². The van der Waals surface area contributed by atoms with Gasteiger partial charge in [-0.25, -0.2) is 0 Å². The molecule has 0 saturated heterocycles. The van der Waals surface area contributed by atoms with Crippen molar-refractivity contribution in [2.45, 2.75) is 38.4 Å². The van der Waals surface area contributed by atoms with Crippen LogP contribution in [0.2, 0.25) is 0 Å². The van der Waals surface area contributed by atoms with Crippen LogP contribution in [0.25, 0.3) is 11.3 Å². The smallest absolute Gasteiger partial charge is 0.269 e. The summed E-state index contributed by atoms with van der Waals surface area (Å²) in [4.78, 5) is 12.3. The van der Waals surface area contributed by atoms with E-state index in [1.54, 1.807) is 17.8 Å². The van der Waals surface area contributed by atoms with Crippen LogP contribution in [-0.2, 0) is 13.0 Å².